The van der Waals surface area contributed by atoms with Gasteiger partial charge in [-0.15, -0.1) is 0 Å². The third kappa shape index (κ3) is 3.91. The van der Waals surface area contributed by atoms with Crippen LogP contribution in [0.5, 0.6) is 0 Å². The summed E-state index contributed by atoms with van der Waals surface area (Å²) < 4.78 is 17.4. The fourth-order valence-electron chi connectivity index (χ4n) is 3.58. The molecule has 1 aromatic heterocycles. The second-order valence-electron chi connectivity index (χ2n) is 6.78. The maximum absolute atomic E-state index is 13.2. The summed E-state index contributed by atoms with van der Waals surface area (Å²) in [4.78, 5) is 12.6. The molecule has 2 aromatic carbocycles. The van der Waals surface area contributed by atoms with Crippen molar-refractivity contribution in [3.8, 4) is 11.3 Å². The number of carbonyl (C=O) groups is 1. The summed E-state index contributed by atoms with van der Waals surface area (Å²) in [5, 5.41) is 3.57. The molecule has 0 unspecified atom stereocenters. The molecule has 1 N–H and O–H groups in total. The molecule has 3 aromatic rings. The SMILES string of the molecule is Cc1c(Cl)cccc1NC(=O)C[n+]1cc(-c2ccc(F)cc2)n2c1CCC2.[Cl-]. The Labute approximate surface area is 174 Å². The molecule has 0 spiro atoms. The van der Waals surface area contributed by atoms with Crippen LogP contribution >= 0.6 is 11.6 Å². The van der Waals surface area contributed by atoms with Crippen molar-refractivity contribution in [2.45, 2.75) is 32.9 Å². The highest BCUT2D eigenvalue weighted by atomic mass is 35.5. The number of imidazole rings is 1. The normalized spacial score (nSPS) is 12.4. The summed E-state index contributed by atoms with van der Waals surface area (Å²) in [6.07, 6.45) is 3.94. The van der Waals surface area contributed by atoms with E-state index in [1.54, 1.807) is 18.2 Å². The minimum absolute atomic E-state index is 0. The first kappa shape index (κ1) is 20.4. The van der Waals surface area contributed by atoms with Gasteiger partial charge in [-0.1, -0.05) is 17.7 Å². The zero-order chi connectivity index (χ0) is 19.0. The van der Waals surface area contributed by atoms with Crippen LogP contribution in [0, 0.1) is 12.7 Å². The predicted octanol–water partition coefficient (Wildman–Crippen LogP) is 1.13. The van der Waals surface area contributed by atoms with E-state index in [0.29, 0.717) is 5.02 Å². The summed E-state index contributed by atoms with van der Waals surface area (Å²) in [7, 11) is 0. The molecule has 4 rings (SSSR count). The highest BCUT2D eigenvalue weighted by Gasteiger charge is 2.29. The van der Waals surface area contributed by atoms with Gasteiger partial charge in [0.05, 0.1) is 13.0 Å². The van der Waals surface area contributed by atoms with Gasteiger partial charge in [0.15, 0.2) is 12.2 Å². The molecule has 0 fully saturated rings. The third-order valence-corrected chi connectivity index (χ3v) is 5.40. The van der Waals surface area contributed by atoms with Crippen LogP contribution in [0.15, 0.2) is 48.7 Å². The molecule has 4 nitrogen and oxygen atoms in total. The number of nitrogens with zero attached hydrogens (tertiary/aromatic N) is 2. The third-order valence-electron chi connectivity index (χ3n) is 4.99. The van der Waals surface area contributed by atoms with Crippen LogP contribution in [-0.4, -0.2) is 10.5 Å². The van der Waals surface area contributed by atoms with Gasteiger partial charge in [0, 0.05) is 16.3 Å². The van der Waals surface area contributed by atoms with Crippen LogP contribution in [0.1, 0.15) is 17.8 Å². The van der Waals surface area contributed by atoms with Crippen LogP contribution in [-0.2, 0) is 24.3 Å². The maximum Gasteiger partial charge on any atom is 0.266 e. The molecule has 0 saturated heterocycles. The molecule has 146 valence electrons. The van der Waals surface area contributed by atoms with Crippen LogP contribution in [0.4, 0.5) is 10.1 Å². The lowest BCUT2D eigenvalue weighted by Gasteiger charge is -2.08. The lowest BCUT2D eigenvalue weighted by molar-refractivity contribution is -0.690. The number of aromatic nitrogens is 2. The van der Waals surface area contributed by atoms with Gasteiger partial charge in [-0.3, -0.25) is 4.79 Å². The Kier molecular flexibility index (Phi) is 6.06. The number of amides is 1. The van der Waals surface area contributed by atoms with E-state index in [2.05, 4.69) is 9.88 Å². The topological polar surface area (TPSA) is 37.9 Å². The average Bonchev–Trinajstić information content (AvgIpc) is 3.24. The van der Waals surface area contributed by atoms with Crippen molar-refractivity contribution in [1.29, 1.82) is 0 Å². The van der Waals surface area contributed by atoms with Crippen molar-refractivity contribution in [1.82, 2.24) is 4.57 Å². The van der Waals surface area contributed by atoms with Gasteiger partial charge in [-0.05, 0) is 55.3 Å². The second kappa shape index (κ2) is 8.33. The molecular weight excluding hydrogens is 400 g/mol. The van der Waals surface area contributed by atoms with E-state index < -0.39 is 0 Å². The van der Waals surface area contributed by atoms with Crippen LogP contribution in [0.2, 0.25) is 5.02 Å². The Bertz CT molecular complexity index is 1020. The smallest absolute Gasteiger partial charge is 0.266 e. The quantitative estimate of drug-likeness (QED) is 0.632. The fourth-order valence-corrected chi connectivity index (χ4v) is 3.76. The van der Waals surface area contributed by atoms with Gasteiger partial charge in [0.25, 0.3) is 11.7 Å². The maximum atomic E-state index is 13.2. The molecule has 28 heavy (non-hydrogen) atoms. The molecule has 0 saturated carbocycles. The Morgan fingerprint density at radius 2 is 2.00 bits per heavy atom. The minimum atomic E-state index is -0.254. The van der Waals surface area contributed by atoms with Gasteiger partial charge in [-0.2, -0.15) is 0 Å². The van der Waals surface area contributed by atoms with Gasteiger partial charge >= 0.3 is 0 Å². The number of anilines is 1. The van der Waals surface area contributed by atoms with E-state index in [9.17, 15) is 9.18 Å². The first-order valence-electron chi connectivity index (χ1n) is 8.95. The van der Waals surface area contributed by atoms with E-state index >= 15 is 0 Å². The monoisotopic (exact) mass is 419 g/mol. The number of fused-ring (bicyclic) bond motifs is 1. The number of rotatable bonds is 4. The standard InChI is InChI=1S/C21H19ClFN3O.ClH/c1-14-17(22)4-2-5-18(14)24-20(27)13-25-12-19(26-11-3-6-21(25)26)15-7-9-16(23)10-8-15;/h2,4-5,7-10,12H,3,6,11,13H2,1H3;1H. The number of hydrogen-bond donors (Lipinski definition) is 1. The highest BCUT2D eigenvalue weighted by Crippen LogP contribution is 2.25. The zero-order valence-corrected chi connectivity index (χ0v) is 16.9. The fraction of sp³-hybridized carbons (Fsp3) is 0.238. The second-order valence-corrected chi connectivity index (χ2v) is 7.19. The van der Waals surface area contributed by atoms with Crippen molar-refractivity contribution >= 4 is 23.2 Å². The van der Waals surface area contributed by atoms with Crippen LogP contribution < -0.4 is 22.3 Å². The first-order valence-corrected chi connectivity index (χ1v) is 9.33. The van der Waals surface area contributed by atoms with Gasteiger partial charge in [-0.25, -0.2) is 13.5 Å². The molecular formula is C21H20Cl2FN3O. The molecule has 1 aliphatic heterocycles. The van der Waals surface area contributed by atoms with Crippen molar-refractivity contribution < 1.29 is 26.2 Å². The summed E-state index contributed by atoms with van der Waals surface area (Å²) in [5.74, 6) is 0.764. The van der Waals surface area contributed by atoms with Crippen molar-refractivity contribution in [2.75, 3.05) is 5.32 Å². The molecule has 2 heterocycles. The Balaban J connectivity index is 0.00000225. The molecule has 7 heteroatoms. The Morgan fingerprint density at radius 1 is 1.25 bits per heavy atom. The van der Waals surface area contributed by atoms with Crippen molar-refractivity contribution in [3.63, 3.8) is 0 Å². The highest BCUT2D eigenvalue weighted by molar-refractivity contribution is 6.31. The molecule has 1 aliphatic rings. The van der Waals surface area contributed by atoms with E-state index in [-0.39, 0.29) is 30.7 Å². The zero-order valence-electron chi connectivity index (χ0n) is 15.4. The molecule has 0 radical (unpaired) electrons. The van der Waals surface area contributed by atoms with Gasteiger partial charge < -0.3 is 17.7 Å². The Morgan fingerprint density at radius 3 is 2.75 bits per heavy atom. The lowest BCUT2D eigenvalue weighted by atomic mass is 10.1. The summed E-state index contributed by atoms with van der Waals surface area (Å²) in [6.45, 7) is 3.01. The number of nitrogens with one attached hydrogen (secondary N) is 1. The van der Waals surface area contributed by atoms with E-state index in [1.807, 2.05) is 29.8 Å². The number of carbonyl (C=O) groups excluding carboxylic acids is 1. The van der Waals surface area contributed by atoms with Crippen molar-refractivity contribution in [3.05, 3.63) is 70.9 Å². The molecule has 1 amide bonds. The first-order chi connectivity index (χ1) is 13.0. The predicted molar refractivity (Wildman–Crippen MR) is 103 cm³/mol. The van der Waals surface area contributed by atoms with Crippen molar-refractivity contribution in [2.24, 2.45) is 0 Å². The lowest BCUT2D eigenvalue weighted by Crippen LogP contribution is -3.00. The summed E-state index contributed by atoms with van der Waals surface area (Å²) in [6, 6.07) is 11.9. The molecule has 0 bridgehead atoms. The molecule has 0 aliphatic carbocycles. The summed E-state index contributed by atoms with van der Waals surface area (Å²) in [5.41, 5.74) is 3.54. The largest absolute Gasteiger partial charge is 1.00 e. The number of benzene rings is 2. The average molecular weight is 420 g/mol. The van der Waals surface area contributed by atoms with Gasteiger partial charge in [0.2, 0.25) is 0 Å². The Hall–Kier alpha value is -2.37. The minimum Gasteiger partial charge on any atom is -1.00 e. The molecule has 0 atom stereocenters. The van der Waals surface area contributed by atoms with E-state index in [0.717, 1.165) is 47.7 Å². The van der Waals surface area contributed by atoms with Crippen LogP contribution in [0.3, 0.4) is 0 Å². The van der Waals surface area contributed by atoms with Gasteiger partial charge in [0.1, 0.15) is 12.0 Å². The number of halogens is 3. The summed E-state index contributed by atoms with van der Waals surface area (Å²) >= 11 is 6.13. The van der Waals surface area contributed by atoms with Crippen LogP contribution in [0.25, 0.3) is 11.3 Å². The van der Waals surface area contributed by atoms with E-state index in [1.165, 1.54) is 12.1 Å². The van der Waals surface area contributed by atoms with E-state index in [4.69, 9.17) is 11.6 Å². The number of hydrogen-bond acceptors (Lipinski definition) is 1.